The molecule has 0 saturated heterocycles. The third-order valence-electron chi connectivity index (χ3n) is 3.90. The quantitative estimate of drug-likeness (QED) is 0.844. The van der Waals surface area contributed by atoms with Gasteiger partial charge in [0.05, 0.1) is 5.01 Å². The first-order valence-electron chi connectivity index (χ1n) is 8.26. The van der Waals surface area contributed by atoms with E-state index in [2.05, 4.69) is 45.8 Å². The van der Waals surface area contributed by atoms with E-state index in [9.17, 15) is 4.79 Å². The standard InChI is InChI=1S/C17H23N5OS/c1-17(2,3)16-19-11-12(24-16)6-7-15(23)18-9-8-14-21-20-13-5-4-10-22(13)14/h6-7,11H,4-5,8-10H2,1-3H3,(H,18,23). The molecule has 0 bridgehead atoms. The smallest absolute Gasteiger partial charge is 0.244 e. The van der Waals surface area contributed by atoms with Crippen LogP contribution in [0.3, 0.4) is 0 Å². The van der Waals surface area contributed by atoms with E-state index in [0.717, 1.165) is 40.9 Å². The Labute approximate surface area is 146 Å². The van der Waals surface area contributed by atoms with Crippen LogP contribution in [-0.2, 0) is 29.6 Å². The molecule has 0 fully saturated rings. The Morgan fingerprint density at radius 3 is 3.00 bits per heavy atom. The molecule has 0 aromatic carbocycles. The molecule has 24 heavy (non-hydrogen) atoms. The van der Waals surface area contributed by atoms with Crippen molar-refractivity contribution in [3.63, 3.8) is 0 Å². The Morgan fingerprint density at radius 1 is 1.42 bits per heavy atom. The molecule has 6 nitrogen and oxygen atoms in total. The highest BCUT2D eigenvalue weighted by Crippen LogP contribution is 2.27. The molecule has 2 aromatic heterocycles. The number of aromatic nitrogens is 4. The van der Waals surface area contributed by atoms with Crippen LogP contribution >= 0.6 is 11.3 Å². The third-order valence-corrected chi connectivity index (χ3v) is 5.29. The molecule has 1 aliphatic rings. The monoisotopic (exact) mass is 345 g/mol. The zero-order valence-electron chi connectivity index (χ0n) is 14.4. The van der Waals surface area contributed by atoms with Crippen molar-refractivity contribution in [2.45, 2.75) is 52.0 Å². The predicted octanol–water partition coefficient (Wildman–Crippen LogP) is 2.35. The number of hydrogen-bond acceptors (Lipinski definition) is 5. The zero-order chi connectivity index (χ0) is 17.2. The van der Waals surface area contributed by atoms with Gasteiger partial charge >= 0.3 is 0 Å². The van der Waals surface area contributed by atoms with Crippen LogP contribution in [0, 0.1) is 0 Å². The number of carbonyl (C=O) groups is 1. The van der Waals surface area contributed by atoms with Crippen molar-refractivity contribution in [1.82, 2.24) is 25.1 Å². The number of nitrogens with zero attached hydrogens (tertiary/aromatic N) is 4. The molecular weight excluding hydrogens is 322 g/mol. The largest absolute Gasteiger partial charge is 0.352 e. The van der Waals surface area contributed by atoms with Gasteiger partial charge in [-0.15, -0.1) is 21.5 Å². The van der Waals surface area contributed by atoms with Crippen LogP contribution in [-0.4, -0.2) is 32.2 Å². The van der Waals surface area contributed by atoms with E-state index in [4.69, 9.17) is 0 Å². The molecular formula is C17H23N5OS. The van der Waals surface area contributed by atoms with Crippen molar-refractivity contribution < 1.29 is 4.79 Å². The second-order valence-corrected chi connectivity index (χ2v) is 8.04. The Morgan fingerprint density at radius 2 is 2.25 bits per heavy atom. The fourth-order valence-electron chi connectivity index (χ4n) is 2.62. The molecule has 3 heterocycles. The molecule has 128 valence electrons. The highest BCUT2D eigenvalue weighted by molar-refractivity contribution is 7.12. The summed E-state index contributed by atoms with van der Waals surface area (Å²) in [7, 11) is 0. The lowest BCUT2D eigenvalue weighted by Crippen LogP contribution is -2.24. The van der Waals surface area contributed by atoms with E-state index in [1.54, 1.807) is 17.4 Å². The summed E-state index contributed by atoms with van der Waals surface area (Å²) >= 11 is 1.62. The fourth-order valence-corrected chi connectivity index (χ4v) is 3.50. The van der Waals surface area contributed by atoms with Crippen molar-refractivity contribution in [2.24, 2.45) is 0 Å². The minimum atomic E-state index is -0.0955. The minimum absolute atomic E-state index is 0.0392. The lowest BCUT2D eigenvalue weighted by Gasteiger charge is -2.13. The van der Waals surface area contributed by atoms with Crippen LogP contribution in [0.1, 0.15) is 48.7 Å². The highest BCUT2D eigenvalue weighted by Gasteiger charge is 2.18. The van der Waals surface area contributed by atoms with Crippen molar-refractivity contribution in [1.29, 1.82) is 0 Å². The van der Waals surface area contributed by atoms with Crippen LogP contribution in [0.2, 0.25) is 0 Å². The van der Waals surface area contributed by atoms with Crippen LogP contribution in [0.25, 0.3) is 6.08 Å². The van der Waals surface area contributed by atoms with E-state index in [1.165, 1.54) is 0 Å². The lowest BCUT2D eigenvalue weighted by molar-refractivity contribution is -0.116. The summed E-state index contributed by atoms with van der Waals surface area (Å²) in [4.78, 5) is 17.3. The minimum Gasteiger partial charge on any atom is -0.352 e. The molecule has 0 atom stereocenters. The van der Waals surface area contributed by atoms with Gasteiger partial charge in [0, 0.05) is 48.5 Å². The molecule has 0 spiro atoms. The van der Waals surface area contributed by atoms with E-state index >= 15 is 0 Å². The summed E-state index contributed by atoms with van der Waals surface area (Å²) in [5.41, 5.74) is 0.0392. The average molecular weight is 345 g/mol. The molecule has 3 rings (SSSR count). The zero-order valence-corrected chi connectivity index (χ0v) is 15.2. The summed E-state index contributed by atoms with van der Waals surface area (Å²) in [6, 6.07) is 0. The Balaban J connectivity index is 1.48. The molecule has 1 aliphatic heterocycles. The predicted molar refractivity (Wildman–Crippen MR) is 94.9 cm³/mol. The maximum atomic E-state index is 11.9. The Bertz CT molecular complexity index is 753. The summed E-state index contributed by atoms with van der Waals surface area (Å²) in [5, 5.41) is 12.3. The van der Waals surface area contributed by atoms with Gasteiger partial charge in [0.1, 0.15) is 11.6 Å². The van der Waals surface area contributed by atoms with Crippen molar-refractivity contribution in [2.75, 3.05) is 6.54 Å². The number of hydrogen-bond donors (Lipinski definition) is 1. The number of nitrogens with one attached hydrogen (secondary N) is 1. The number of aryl methyl sites for hydroxylation is 1. The van der Waals surface area contributed by atoms with Crippen LogP contribution in [0.5, 0.6) is 0 Å². The molecule has 1 amide bonds. The summed E-state index contributed by atoms with van der Waals surface area (Å²) in [6.45, 7) is 7.96. The second kappa shape index (κ2) is 6.84. The van der Waals surface area contributed by atoms with Crippen LogP contribution in [0.4, 0.5) is 0 Å². The molecule has 0 aliphatic carbocycles. The Hall–Kier alpha value is -2.02. The summed E-state index contributed by atoms with van der Waals surface area (Å²) in [5.74, 6) is 1.93. The third kappa shape index (κ3) is 3.90. The van der Waals surface area contributed by atoms with E-state index in [0.29, 0.717) is 13.0 Å². The van der Waals surface area contributed by atoms with E-state index in [-0.39, 0.29) is 11.3 Å². The van der Waals surface area contributed by atoms with Gasteiger partial charge in [-0.05, 0) is 12.5 Å². The number of rotatable bonds is 5. The van der Waals surface area contributed by atoms with Gasteiger partial charge in [0.15, 0.2) is 0 Å². The topological polar surface area (TPSA) is 72.7 Å². The van der Waals surface area contributed by atoms with E-state index in [1.807, 2.05) is 12.3 Å². The maximum Gasteiger partial charge on any atom is 0.244 e. The van der Waals surface area contributed by atoms with Gasteiger partial charge in [-0.3, -0.25) is 4.79 Å². The molecule has 0 radical (unpaired) electrons. The normalized spacial score (nSPS) is 14.3. The molecule has 2 aromatic rings. The number of fused-ring (bicyclic) bond motifs is 1. The first-order chi connectivity index (χ1) is 11.4. The van der Waals surface area contributed by atoms with Crippen molar-refractivity contribution in [3.05, 3.63) is 33.8 Å². The van der Waals surface area contributed by atoms with Gasteiger partial charge in [-0.25, -0.2) is 4.98 Å². The molecule has 7 heteroatoms. The van der Waals surface area contributed by atoms with Gasteiger partial charge < -0.3 is 9.88 Å². The van der Waals surface area contributed by atoms with Gasteiger partial charge in [0.2, 0.25) is 5.91 Å². The maximum absolute atomic E-state index is 11.9. The van der Waals surface area contributed by atoms with Gasteiger partial charge in [-0.2, -0.15) is 0 Å². The second-order valence-electron chi connectivity index (χ2n) is 6.98. The fraction of sp³-hybridized carbons (Fsp3) is 0.529. The highest BCUT2D eigenvalue weighted by atomic mass is 32.1. The molecule has 0 saturated carbocycles. The van der Waals surface area contributed by atoms with Gasteiger partial charge in [-0.1, -0.05) is 20.8 Å². The summed E-state index contributed by atoms with van der Waals surface area (Å²) < 4.78 is 2.16. The molecule has 0 unspecified atom stereocenters. The van der Waals surface area contributed by atoms with Crippen molar-refractivity contribution >= 4 is 23.3 Å². The van der Waals surface area contributed by atoms with Crippen molar-refractivity contribution in [3.8, 4) is 0 Å². The SMILES string of the molecule is CC(C)(C)c1ncc(C=CC(=O)NCCc2nnc3n2CCC3)s1. The number of thiazole rings is 1. The van der Waals surface area contributed by atoms with Crippen LogP contribution in [0.15, 0.2) is 12.3 Å². The number of carbonyl (C=O) groups excluding carboxylic acids is 1. The molecule has 1 N–H and O–H groups in total. The first kappa shape index (κ1) is 16.8. The lowest BCUT2D eigenvalue weighted by atomic mass is 9.98. The first-order valence-corrected chi connectivity index (χ1v) is 9.08. The summed E-state index contributed by atoms with van der Waals surface area (Å²) in [6.07, 6.45) is 8.05. The average Bonchev–Trinajstić information content (AvgIpc) is 3.22. The van der Waals surface area contributed by atoms with Crippen LogP contribution < -0.4 is 5.32 Å². The van der Waals surface area contributed by atoms with E-state index < -0.39 is 0 Å². The van der Waals surface area contributed by atoms with Gasteiger partial charge in [0.25, 0.3) is 0 Å². The Kier molecular flexibility index (Phi) is 4.80. The number of amides is 1.